The van der Waals surface area contributed by atoms with Gasteiger partial charge in [0.05, 0.1) is 6.54 Å². The first-order chi connectivity index (χ1) is 9.11. The van der Waals surface area contributed by atoms with Gasteiger partial charge in [-0.3, -0.25) is 9.69 Å². The number of likely N-dealkylation sites (N-methyl/N-ethyl adjacent to an activating group) is 1. The van der Waals surface area contributed by atoms with Crippen LogP contribution < -0.4 is 5.32 Å². The Labute approximate surface area is 117 Å². The molecule has 2 aliphatic heterocycles. The number of amides is 1. The van der Waals surface area contributed by atoms with E-state index in [-0.39, 0.29) is 0 Å². The molecular weight excluding hydrogens is 238 g/mol. The first kappa shape index (κ1) is 14.8. The van der Waals surface area contributed by atoms with Crippen molar-refractivity contribution in [2.24, 2.45) is 0 Å². The standard InChI is InChI=1S/C15H29N3O/c1-12-6-4-7-13(2)18(12)15(19)11-17-9-5-8-14(10-17)16-3/h12-14,16H,4-11H2,1-3H3. The van der Waals surface area contributed by atoms with E-state index in [0.29, 0.717) is 30.6 Å². The maximum Gasteiger partial charge on any atom is 0.237 e. The number of carbonyl (C=O) groups excluding carboxylic acids is 1. The van der Waals surface area contributed by atoms with Gasteiger partial charge in [0.25, 0.3) is 0 Å². The lowest BCUT2D eigenvalue weighted by atomic mass is 9.97. The summed E-state index contributed by atoms with van der Waals surface area (Å²) in [5.74, 6) is 0.330. The van der Waals surface area contributed by atoms with Crippen molar-refractivity contribution in [1.29, 1.82) is 0 Å². The maximum atomic E-state index is 12.5. The minimum absolute atomic E-state index is 0.330. The van der Waals surface area contributed by atoms with Crippen molar-refractivity contribution < 1.29 is 4.79 Å². The molecule has 3 atom stereocenters. The molecule has 4 nitrogen and oxygen atoms in total. The van der Waals surface area contributed by atoms with Gasteiger partial charge in [0.15, 0.2) is 0 Å². The predicted octanol–water partition coefficient (Wildman–Crippen LogP) is 1.46. The van der Waals surface area contributed by atoms with E-state index >= 15 is 0 Å². The maximum absolute atomic E-state index is 12.5. The Bertz CT molecular complexity index is 298. The van der Waals surface area contributed by atoms with Crippen LogP contribution in [-0.4, -0.2) is 60.5 Å². The smallest absolute Gasteiger partial charge is 0.237 e. The molecule has 4 heteroatoms. The van der Waals surface area contributed by atoms with Crippen LogP contribution in [0.15, 0.2) is 0 Å². The molecule has 0 bridgehead atoms. The molecule has 0 spiro atoms. The lowest BCUT2D eigenvalue weighted by Crippen LogP contribution is -2.53. The van der Waals surface area contributed by atoms with Crippen LogP contribution in [0.1, 0.15) is 46.0 Å². The molecule has 0 aliphatic carbocycles. The fraction of sp³-hybridized carbons (Fsp3) is 0.933. The SMILES string of the molecule is CNC1CCCN(CC(=O)N2C(C)CCCC2C)C1. The third kappa shape index (κ3) is 3.69. The lowest BCUT2D eigenvalue weighted by Gasteiger charge is -2.41. The largest absolute Gasteiger partial charge is 0.336 e. The summed E-state index contributed by atoms with van der Waals surface area (Å²) in [4.78, 5) is 17.0. The lowest BCUT2D eigenvalue weighted by molar-refractivity contribution is -0.138. The summed E-state index contributed by atoms with van der Waals surface area (Å²) >= 11 is 0. The van der Waals surface area contributed by atoms with Crippen LogP contribution in [-0.2, 0) is 4.79 Å². The molecule has 2 aliphatic rings. The van der Waals surface area contributed by atoms with E-state index in [9.17, 15) is 4.79 Å². The summed E-state index contributed by atoms with van der Waals surface area (Å²) in [5, 5.41) is 3.34. The molecule has 0 saturated carbocycles. The summed E-state index contributed by atoms with van der Waals surface area (Å²) in [6.45, 7) is 7.08. The van der Waals surface area contributed by atoms with Gasteiger partial charge in [-0.2, -0.15) is 0 Å². The summed E-state index contributed by atoms with van der Waals surface area (Å²) in [6, 6.07) is 1.39. The second-order valence-electron chi connectivity index (χ2n) is 6.29. The molecule has 2 fully saturated rings. The van der Waals surface area contributed by atoms with Gasteiger partial charge in [-0.25, -0.2) is 0 Å². The zero-order valence-corrected chi connectivity index (χ0v) is 12.7. The molecule has 0 aromatic carbocycles. The summed E-state index contributed by atoms with van der Waals surface area (Å²) in [7, 11) is 2.02. The molecular formula is C15H29N3O. The van der Waals surface area contributed by atoms with Crippen LogP contribution in [0.5, 0.6) is 0 Å². The van der Waals surface area contributed by atoms with Crippen LogP contribution >= 0.6 is 0 Å². The first-order valence-corrected chi connectivity index (χ1v) is 7.82. The van der Waals surface area contributed by atoms with Crippen LogP contribution in [0.3, 0.4) is 0 Å². The van der Waals surface area contributed by atoms with Crippen LogP contribution in [0.2, 0.25) is 0 Å². The number of hydrogen-bond donors (Lipinski definition) is 1. The molecule has 1 N–H and O–H groups in total. The second kappa shape index (κ2) is 6.71. The second-order valence-corrected chi connectivity index (χ2v) is 6.29. The topological polar surface area (TPSA) is 35.6 Å². The fourth-order valence-electron chi connectivity index (χ4n) is 3.62. The normalized spacial score (nSPS) is 33.4. The third-order valence-electron chi connectivity index (χ3n) is 4.75. The van der Waals surface area contributed by atoms with Gasteiger partial charge in [-0.1, -0.05) is 0 Å². The van der Waals surface area contributed by atoms with Gasteiger partial charge in [-0.15, -0.1) is 0 Å². The Morgan fingerprint density at radius 2 is 1.84 bits per heavy atom. The van der Waals surface area contributed by atoms with Crippen molar-refractivity contribution in [3.63, 3.8) is 0 Å². The highest BCUT2D eigenvalue weighted by Gasteiger charge is 2.30. The van der Waals surface area contributed by atoms with Crippen molar-refractivity contribution >= 4 is 5.91 Å². The van der Waals surface area contributed by atoms with Gasteiger partial charge in [-0.05, 0) is 59.5 Å². The van der Waals surface area contributed by atoms with Crippen molar-refractivity contribution in [2.45, 2.75) is 64.1 Å². The number of likely N-dealkylation sites (tertiary alicyclic amines) is 2. The number of rotatable bonds is 3. The van der Waals surface area contributed by atoms with E-state index in [0.717, 1.165) is 25.9 Å². The molecule has 19 heavy (non-hydrogen) atoms. The zero-order chi connectivity index (χ0) is 13.8. The Kier molecular flexibility index (Phi) is 5.22. The van der Waals surface area contributed by atoms with Gasteiger partial charge < -0.3 is 10.2 Å². The molecule has 0 radical (unpaired) electrons. The summed E-state index contributed by atoms with van der Waals surface area (Å²) in [6.07, 6.45) is 6.02. The van der Waals surface area contributed by atoms with E-state index in [4.69, 9.17) is 0 Å². The minimum Gasteiger partial charge on any atom is -0.336 e. The number of piperidine rings is 2. The highest BCUT2D eigenvalue weighted by atomic mass is 16.2. The summed E-state index contributed by atoms with van der Waals surface area (Å²) < 4.78 is 0. The van der Waals surface area contributed by atoms with Gasteiger partial charge in [0, 0.05) is 24.7 Å². The molecule has 2 heterocycles. The van der Waals surface area contributed by atoms with Gasteiger partial charge in [0.1, 0.15) is 0 Å². The summed E-state index contributed by atoms with van der Waals surface area (Å²) in [5.41, 5.74) is 0. The predicted molar refractivity (Wildman–Crippen MR) is 78.1 cm³/mol. The number of hydrogen-bond acceptors (Lipinski definition) is 3. The first-order valence-electron chi connectivity index (χ1n) is 7.82. The number of carbonyl (C=O) groups is 1. The Morgan fingerprint density at radius 1 is 1.16 bits per heavy atom. The number of nitrogens with zero attached hydrogens (tertiary/aromatic N) is 2. The van der Waals surface area contributed by atoms with Crippen molar-refractivity contribution in [3.05, 3.63) is 0 Å². The minimum atomic E-state index is 0.330. The fourth-order valence-corrected chi connectivity index (χ4v) is 3.62. The van der Waals surface area contributed by atoms with E-state index < -0.39 is 0 Å². The molecule has 110 valence electrons. The molecule has 2 rings (SSSR count). The average molecular weight is 267 g/mol. The van der Waals surface area contributed by atoms with Crippen molar-refractivity contribution in [1.82, 2.24) is 15.1 Å². The zero-order valence-electron chi connectivity index (χ0n) is 12.7. The van der Waals surface area contributed by atoms with Crippen LogP contribution in [0, 0.1) is 0 Å². The van der Waals surface area contributed by atoms with E-state index in [1.54, 1.807) is 0 Å². The molecule has 2 saturated heterocycles. The molecule has 3 unspecified atom stereocenters. The number of nitrogens with one attached hydrogen (secondary N) is 1. The average Bonchev–Trinajstić information content (AvgIpc) is 2.38. The highest BCUT2D eigenvalue weighted by molar-refractivity contribution is 5.79. The van der Waals surface area contributed by atoms with Gasteiger partial charge in [0.2, 0.25) is 5.91 Å². The quantitative estimate of drug-likeness (QED) is 0.841. The van der Waals surface area contributed by atoms with Gasteiger partial charge >= 0.3 is 0 Å². The van der Waals surface area contributed by atoms with E-state index in [1.165, 1.54) is 19.3 Å². The van der Waals surface area contributed by atoms with Crippen molar-refractivity contribution in [3.8, 4) is 0 Å². The van der Waals surface area contributed by atoms with Crippen LogP contribution in [0.4, 0.5) is 0 Å². The highest BCUT2D eigenvalue weighted by Crippen LogP contribution is 2.23. The monoisotopic (exact) mass is 267 g/mol. The Morgan fingerprint density at radius 3 is 2.47 bits per heavy atom. The van der Waals surface area contributed by atoms with E-state index in [1.807, 2.05) is 7.05 Å². The third-order valence-corrected chi connectivity index (χ3v) is 4.75. The molecule has 1 amide bonds. The molecule has 0 aromatic rings. The Balaban J connectivity index is 1.89. The Hall–Kier alpha value is -0.610. The molecule has 0 aromatic heterocycles. The van der Waals surface area contributed by atoms with Crippen molar-refractivity contribution in [2.75, 3.05) is 26.7 Å². The van der Waals surface area contributed by atoms with E-state index in [2.05, 4.69) is 29.0 Å². The van der Waals surface area contributed by atoms with Crippen LogP contribution in [0.25, 0.3) is 0 Å².